The summed E-state index contributed by atoms with van der Waals surface area (Å²) in [5.41, 5.74) is 0.245. The van der Waals surface area contributed by atoms with Crippen molar-refractivity contribution >= 4 is 34.3 Å². The maximum absolute atomic E-state index is 12.3. The third-order valence-corrected chi connectivity index (χ3v) is 4.23. The lowest BCUT2D eigenvalue weighted by Crippen LogP contribution is -2.28. The summed E-state index contributed by atoms with van der Waals surface area (Å²) in [6.45, 7) is 0.469. The van der Waals surface area contributed by atoms with Gasteiger partial charge in [0.2, 0.25) is 11.8 Å². The lowest BCUT2D eigenvalue weighted by atomic mass is 10.2. The van der Waals surface area contributed by atoms with Crippen LogP contribution in [0, 0.1) is 0 Å². The number of halogens is 1. The van der Waals surface area contributed by atoms with Gasteiger partial charge in [-0.05, 0) is 18.2 Å². The Morgan fingerprint density at radius 2 is 2.04 bits per heavy atom. The zero-order chi connectivity index (χ0) is 15.6. The molecule has 122 valence electrons. The van der Waals surface area contributed by atoms with Crippen LogP contribution in [0.2, 0.25) is 0 Å². The minimum absolute atomic E-state index is 0. The van der Waals surface area contributed by atoms with Gasteiger partial charge in [0.05, 0.1) is 11.4 Å². The normalized spacial score (nSPS) is 16.1. The second-order valence-electron chi connectivity index (χ2n) is 4.46. The van der Waals surface area contributed by atoms with E-state index in [2.05, 4.69) is 20.0 Å². The molecular weight excluding hydrogens is 344 g/mol. The Kier molecular flexibility index (Phi) is 5.02. The van der Waals surface area contributed by atoms with Crippen LogP contribution in [0.15, 0.2) is 41.4 Å². The molecule has 2 N–H and O–H groups in total. The van der Waals surface area contributed by atoms with Crippen molar-refractivity contribution in [2.24, 2.45) is 0 Å². The van der Waals surface area contributed by atoms with E-state index in [-0.39, 0.29) is 53.8 Å². The molecule has 0 radical (unpaired) electrons. The first kappa shape index (κ1) is 17.0. The topological polar surface area (TPSA) is 110 Å². The van der Waals surface area contributed by atoms with Gasteiger partial charge in [0.15, 0.2) is 0 Å². The maximum atomic E-state index is 12.3. The van der Waals surface area contributed by atoms with Gasteiger partial charge >= 0.3 is 0 Å². The number of anilines is 1. The van der Waals surface area contributed by atoms with Gasteiger partial charge in [-0.1, -0.05) is 6.07 Å². The van der Waals surface area contributed by atoms with Gasteiger partial charge in [0.25, 0.3) is 15.9 Å². The molecule has 2 heterocycles. The molecule has 23 heavy (non-hydrogen) atoms. The van der Waals surface area contributed by atoms with Crippen LogP contribution in [0.4, 0.5) is 5.95 Å². The Labute approximate surface area is 138 Å². The fraction of sp³-hybridized carbons (Fsp3) is 0.154. The van der Waals surface area contributed by atoms with Crippen LogP contribution in [0.1, 0.15) is 10.4 Å². The van der Waals surface area contributed by atoms with Gasteiger partial charge in [-0.2, -0.15) is 4.98 Å². The quantitative estimate of drug-likeness (QED) is 0.723. The largest absolute Gasteiger partial charge is 0.476 e. The third-order valence-electron chi connectivity index (χ3n) is 2.90. The number of amides is 1. The van der Waals surface area contributed by atoms with E-state index in [4.69, 9.17) is 4.74 Å². The van der Waals surface area contributed by atoms with Crippen LogP contribution in [-0.2, 0) is 10.0 Å². The third kappa shape index (κ3) is 3.88. The summed E-state index contributed by atoms with van der Waals surface area (Å²) in [6.07, 6.45) is 1.38. The molecule has 8 nitrogen and oxygen atoms in total. The summed E-state index contributed by atoms with van der Waals surface area (Å²) in [7, 11) is -3.89. The number of sulfonamides is 1. The fourth-order valence-corrected chi connectivity index (χ4v) is 2.87. The fourth-order valence-electron chi connectivity index (χ4n) is 1.88. The van der Waals surface area contributed by atoms with Crippen molar-refractivity contribution in [3.63, 3.8) is 0 Å². The van der Waals surface area contributed by atoms with Crippen molar-refractivity contribution in [2.45, 2.75) is 4.90 Å². The van der Waals surface area contributed by atoms with Crippen LogP contribution in [0.3, 0.4) is 0 Å². The molecule has 0 atom stereocenters. The lowest BCUT2D eigenvalue weighted by molar-refractivity contribution is 0.0946. The monoisotopic (exact) mass is 356 g/mol. The number of nitrogens with zero attached hydrogens (tertiary/aromatic N) is 2. The Morgan fingerprint density at radius 3 is 2.87 bits per heavy atom. The first-order valence-electron chi connectivity index (χ1n) is 6.41. The molecule has 1 aromatic carbocycles. The van der Waals surface area contributed by atoms with E-state index in [1.54, 1.807) is 0 Å². The van der Waals surface area contributed by atoms with Crippen molar-refractivity contribution < 1.29 is 17.9 Å². The van der Waals surface area contributed by atoms with Gasteiger partial charge in [0.1, 0.15) is 6.61 Å². The number of ether oxygens (including phenoxy) is 1. The van der Waals surface area contributed by atoms with Crippen LogP contribution >= 0.6 is 12.4 Å². The Balaban J connectivity index is 0.00000192. The number of fused-ring (bicyclic) bond motifs is 4. The number of aromatic nitrogens is 2. The smallest absolute Gasteiger partial charge is 0.264 e. The van der Waals surface area contributed by atoms with Crippen molar-refractivity contribution in [1.82, 2.24) is 15.3 Å². The minimum Gasteiger partial charge on any atom is -0.476 e. The van der Waals surface area contributed by atoms with Crippen molar-refractivity contribution in [3.8, 4) is 5.88 Å². The van der Waals surface area contributed by atoms with Gasteiger partial charge in [-0.25, -0.2) is 18.1 Å². The lowest BCUT2D eigenvalue weighted by Gasteiger charge is -2.08. The minimum atomic E-state index is -3.89. The second-order valence-corrected chi connectivity index (χ2v) is 6.14. The van der Waals surface area contributed by atoms with E-state index >= 15 is 0 Å². The van der Waals surface area contributed by atoms with Crippen LogP contribution in [0.5, 0.6) is 5.88 Å². The maximum Gasteiger partial charge on any atom is 0.264 e. The summed E-state index contributed by atoms with van der Waals surface area (Å²) in [6, 6.07) is 7.21. The van der Waals surface area contributed by atoms with Gasteiger partial charge < -0.3 is 10.1 Å². The average Bonchev–Trinajstić information content (AvgIpc) is 2.51. The van der Waals surface area contributed by atoms with E-state index in [1.807, 2.05) is 0 Å². The van der Waals surface area contributed by atoms with E-state index in [1.165, 1.54) is 36.5 Å². The highest BCUT2D eigenvalue weighted by Crippen LogP contribution is 2.16. The Morgan fingerprint density at radius 1 is 1.22 bits per heavy atom. The molecule has 1 amide bonds. The molecule has 1 aliphatic heterocycles. The van der Waals surface area contributed by atoms with Crippen LogP contribution < -0.4 is 14.8 Å². The predicted molar refractivity (Wildman–Crippen MR) is 84.4 cm³/mol. The summed E-state index contributed by atoms with van der Waals surface area (Å²) < 4.78 is 32.2. The molecule has 0 spiro atoms. The van der Waals surface area contributed by atoms with E-state index in [9.17, 15) is 13.2 Å². The highest BCUT2D eigenvalue weighted by Gasteiger charge is 2.18. The van der Waals surface area contributed by atoms with Gasteiger partial charge in [-0.15, -0.1) is 12.4 Å². The Hall–Kier alpha value is -2.39. The molecule has 2 aromatic rings. The second kappa shape index (κ2) is 6.80. The predicted octanol–water partition coefficient (Wildman–Crippen LogP) is 0.821. The number of carbonyl (C=O) groups excluding carboxylic acids is 1. The molecule has 3 rings (SSSR count). The van der Waals surface area contributed by atoms with Crippen LogP contribution in [0.25, 0.3) is 0 Å². The molecule has 0 aliphatic carbocycles. The number of hydrogen-bond acceptors (Lipinski definition) is 6. The zero-order valence-electron chi connectivity index (χ0n) is 11.7. The summed E-state index contributed by atoms with van der Waals surface area (Å²) in [4.78, 5) is 19.7. The van der Waals surface area contributed by atoms with Gasteiger partial charge in [-0.3, -0.25) is 4.79 Å². The molecule has 10 heteroatoms. The number of nitrogens with one attached hydrogen (secondary N) is 2. The summed E-state index contributed by atoms with van der Waals surface area (Å²) in [5, 5.41) is 2.64. The molecule has 1 aliphatic rings. The van der Waals surface area contributed by atoms with E-state index in [0.717, 1.165) is 0 Å². The summed E-state index contributed by atoms with van der Waals surface area (Å²) >= 11 is 0. The highest BCUT2D eigenvalue weighted by atomic mass is 35.5. The van der Waals surface area contributed by atoms with Crippen molar-refractivity contribution in [3.05, 3.63) is 42.1 Å². The molecule has 1 aromatic heterocycles. The average molecular weight is 357 g/mol. The molecule has 4 bridgehead atoms. The molecule has 0 unspecified atom stereocenters. The van der Waals surface area contributed by atoms with Crippen molar-refractivity contribution in [1.29, 1.82) is 0 Å². The van der Waals surface area contributed by atoms with E-state index in [0.29, 0.717) is 0 Å². The number of rotatable bonds is 0. The first-order valence-corrected chi connectivity index (χ1v) is 7.90. The first-order chi connectivity index (χ1) is 10.5. The highest BCUT2D eigenvalue weighted by molar-refractivity contribution is 7.92. The van der Waals surface area contributed by atoms with Gasteiger partial charge in [0, 0.05) is 17.8 Å². The van der Waals surface area contributed by atoms with Crippen LogP contribution in [-0.4, -0.2) is 37.4 Å². The number of benzene rings is 1. The zero-order valence-corrected chi connectivity index (χ0v) is 13.4. The molecular formula is C13H13ClN4O4S. The van der Waals surface area contributed by atoms with Crippen molar-refractivity contribution in [2.75, 3.05) is 17.9 Å². The molecule has 0 saturated heterocycles. The summed E-state index contributed by atoms with van der Waals surface area (Å²) in [5.74, 6) is -0.257. The standard InChI is InChI=1S/C13H12N4O4S.ClH/c18-12-9-2-1-3-10(8-9)22(19,20)17-13-15-5-4-11(16-13)21-7-6-14-12;/h1-5,8H,6-7H2,(H,14,18)(H,15,16,17);1H. The van der Waals surface area contributed by atoms with E-state index < -0.39 is 10.0 Å². The number of hydrogen-bond donors (Lipinski definition) is 2. The molecule has 0 saturated carbocycles. The number of carbonyl (C=O) groups is 1. The Bertz CT molecular complexity index is 828. The molecule has 0 fully saturated rings. The SMILES string of the molecule is Cl.O=C1NCCOc2ccnc(n2)NS(=O)(=O)c2cccc1c2.